The number of piperidine rings is 1. The van der Waals surface area contributed by atoms with Crippen molar-refractivity contribution in [3.63, 3.8) is 0 Å². The van der Waals surface area contributed by atoms with E-state index in [9.17, 15) is 0 Å². The summed E-state index contributed by atoms with van der Waals surface area (Å²) in [6.07, 6.45) is 3.84. The van der Waals surface area contributed by atoms with Crippen LogP contribution in [0.4, 0.5) is 0 Å². The first-order chi connectivity index (χ1) is 15.0. The molecule has 1 aliphatic heterocycles. The molecule has 170 valence electrons. The van der Waals surface area contributed by atoms with E-state index in [0.717, 1.165) is 49.3 Å². The van der Waals surface area contributed by atoms with Crippen LogP contribution in [0.25, 0.3) is 0 Å². The van der Waals surface area contributed by atoms with Gasteiger partial charge in [0.2, 0.25) is 0 Å². The summed E-state index contributed by atoms with van der Waals surface area (Å²) in [7, 11) is 3.52. The summed E-state index contributed by atoms with van der Waals surface area (Å²) in [4.78, 5) is 7.02. The van der Waals surface area contributed by atoms with Gasteiger partial charge in [-0.05, 0) is 57.5 Å². The Morgan fingerprint density at radius 1 is 1.13 bits per heavy atom. The molecule has 2 heterocycles. The molecule has 7 heteroatoms. The quantitative estimate of drug-likeness (QED) is 0.493. The van der Waals surface area contributed by atoms with Crippen molar-refractivity contribution in [2.24, 2.45) is 4.99 Å². The zero-order chi connectivity index (χ0) is 22.2. The summed E-state index contributed by atoms with van der Waals surface area (Å²) in [5.41, 5.74) is 3.43. The lowest BCUT2D eigenvalue weighted by Gasteiger charge is -2.35. The molecule has 2 N–H and O–H groups in total. The van der Waals surface area contributed by atoms with E-state index < -0.39 is 0 Å². The molecule has 0 spiro atoms. The molecule has 0 saturated carbocycles. The van der Waals surface area contributed by atoms with Gasteiger partial charge in [0.05, 0.1) is 18.8 Å². The molecule has 1 aromatic heterocycles. The standard InChI is InChI=1S/C24H37N5O2/c1-17(23-18(2)28-31-19(23)3)15-26-24(25-4)27-16-22(29-13-7-6-8-14-29)20-9-11-21(30-5)12-10-20/h9-12,17,22H,6-8,13-16H2,1-5H3,(H2,25,26,27). The SMILES string of the molecule is CN=C(NCC(C)c1c(C)noc1C)NCC(c1ccc(OC)cc1)N1CCCCC1. The highest BCUT2D eigenvalue weighted by Gasteiger charge is 2.23. The molecule has 1 aliphatic rings. The number of ether oxygens (including phenoxy) is 1. The Morgan fingerprint density at radius 2 is 1.81 bits per heavy atom. The second kappa shape index (κ2) is 11.2. The van der Waals surface area contributed by atoms with Crippen molar-refractivity contribution in [1.82, 2.24) is 20.7 Å². The average molecular weight is 428 g/mol. The van der Waals surface area contributed by atoms with E-state index in [1.54, 1.807) is 7.11 Å². The second-order valence-corrected chi connectivity index (χ2v) is 8.36. The number of aliphatic imine (C=N–C) groups is 1. The lowest BCUT2D eigenvalue weighted by molar-refractivity contribution is 0.164. The maximum absolute atomic E-state index is 5.34. The maximum atomic E-state index is 5.34. The Labute approximate surface area is 186 Å². The molecule has 2 atom stereocenters. The van der Waals surface area contributed by atoms with Crippen LogP contribution in [-0.2, 0) is 0 Å². The fraction of sp³-hybridized carbons (Fsp3) is 0.583. The van der Waals surface area contributed by atoms with E-state index in [4.69, 9.17) is 9.26 Å². The van der Waals surface area contributed by atoms with Crippen LogP contribution >= 0.6 is 0 Å². The number of nitrogens with one attached hydrogen (secondary N) is 2. The van der Waals surface area contributed by atoms with E-state index in [1.807, 2.05) is 33.0 Å². The monoisotopic (exact) mass is 427 g/mol. The molecule has 2 unspecified atom stereocenters. The number of nitrogens with zero attached hydrogens (tertiary/aromatic N) is 3. The number of aryl methyl sites for hydroxylation is 2. The van der Waals surface area contributed by atoms with Crippen molar-refractivity contribution in [3.05, 3.63) is 46.8 Å². The number of guanidine groups is 1. The molecule has 0 aliphatic carbocycles. The van der Waals surface area contributed by atoms with Crippen molar-refractivity contribution in [1.29, 1.82) is 0 Å². The molecule has 2 aromatic rings. The second-order valence-electron chi connectivity index (χ2n) is 8.36. The normalized spacial score (nSPS) is 17.3. The Morgan fingerprint density at radius 3 is 2.39 bits per heavy atom. The molecule has 1 fully saturated rings. The van der Waals surface area contributed by atoms with Gasteiger partial charge in [-0.15, -0.1) is 0 Å². The van der Waals surface area contributed by atoms with Crippen LogP contribution in [0.5, 0.6) is 5.75 Å². The predicted octanol–water partition coefficient (Wildman–Crippen LogP) is 3.80. The van der Waals surface area contributed by atoms with Gasteiger partial charge in [-0.1, -0.05) is 30.6 Å². The topological polar surface area (TPSA) is 74.9 Å². The fourth-order valence-electron chi connectivity index (χ4n) is 4.47. The summed E-state index contributed by atoms with van der Waals surface area (Å²) in [6, 6.07) is 8.74. The summed E-state index contributed by atoms with van der Waals surface area (Å²) < 4.78 is 10.7. The Hall–Kier alpha value is -2.54. The van der Waals surface area contributed by atoms with Crippen molar-refractivity contribution < 1.29 is 9.26 Å². The van der Waals surface area contributed by atoms with E-state index in [-0.39, 0.29) is 5.92 Å². The molecule has 1 aromatic carbocycles. The average Bonchev–Trinajstić information content (AvgIpc) is 3.14. The molecule has 0 radical (unpaired) electrons. The first-order valence-corrected chi connectivity index (χ1v) is 11.3. The van der Waals surface area contributed by atoms with Crippen LogP contribution in [0, 0.1) is 13.8 Å². The fourth-order valence-corrected chi connectivity index (χ4v) is 4.47. The lowest BCUT2D eigenvalue weighted by atomic mass is 9.99. The van der Waals surface area contributed by atoms with Gasteiger partial charge >= 0.3 is 0 Å². The third-order valence-corrected chi connectivity index (χ3v) is 6.18. The minimum absolute atomic E-state index is 0.282. The zero-order valence-electron chi connectivity index (χ0n) is 19.6. The molecule has 0 bridgehead atoms. The van der Waals surface area contributed by atoms with Crippen molar-refractivity contribution in [2.45, 2.75) is 52.0 Å². The third-order valence-electron chi connectivity index (χ3n) is 6.18. The molecular weight excluding hydrogens is 390 g/mol. The van der Waals surface area contributed by atoms with Gasteiger partial charge in [-0.3, -0.25) is 9.89 Å². The van der Waals surface area contributed by atoms with Gasteiger partial charge in [0, 0.05) is 31.6 Å². The minimum atomic E-state index is 0.282. The van der Waals surface area contributed by atoms with E-state index in [0.29, 0.717) is 6.04 Å². The van der Waals surface area contributed by atoms with E-state index in [2.05, 4.69) is 44.7 Å². The van der Waals surface area contributed by atoms with Crippen LogP contribution in [0.2, 0.25) is 0 Å². The first-order valence-electron chi connectivity index (χ1n) is 11.3. The zero-order valence-corrected chi connectivity index (χ0v) is 19.6. The van der Waals surface area contributed by atoms with Gasteiger partial charge in [0.1, 0.15) is 11.5 Å². The van der Waals surface area contributed by atoms with Gasteiger partial charge in [-0.25, -0.2) is 0 Å². The van der Waals surface area contributed by atoms with Gasteiger partial charge in [0.15, 0.2) is 5.96 Å². The highest BCUT2D eigenvalue weighted by atomic mass is 16.5. The molecular formula is C24H37N5O2. The van der Waals surface area contributed by atoms with Crippen LogP contribution in [-0.4, -0.2) is 56.4 Å². The van der Waals surface area contributed by atoms with Crippen molar-refractivity contribution in [3.8, 4) is 5.75 Å². The number of methoxy groups -OCH3 is 1. The van der Waals surface area contributed by atoms with E-state index in [1.165, 1.54) is 30.4 Å². The van der Waals surface area contributed by atoms with Crippen molar-refractivity contribution in [2.75, 3.05) is 40.3 Å². The van der Waals surface area contributed by atoms with Gasteiger partial charge < -0.3 is 19.9 Å². The van der Waals surface area contributed by atoms with Gasteiger partial charge in [-0.2, -0.15) is 0 Å². The summed E-state index contributed by atoms with van der Waals surface area (Å²) in [5, 5.41) is 11.1. The Kier molecular flexibility index (Phi) is 8.35. The van der Waals surface area contributed by atoms with Crippen LogP contribution in [0.15, 0.2) is 33.8 Å². The minimum Gasteiger partial charge on any atom is -0.497 e. The first kappa shape index (κ1) is 23.1. The summed E-state index contributed by atoms with van der Waals surface area (Å²) >= 11 is 0. The Balaban J connectivity index is 1.63. The van der Waals surface area contributed by atoms with Crippen LogP contribution in [0.1, 0.15) is 60.7 Å². The largest absolute Gasteiger partial charge is 0.497 e. The number of benzene rings is 1. The number of rotatable bonds is 8. The number of likely N-dealkylation sites (tertiary alicyclic amines) is 1. The molecule has 1 saturated heterocycles. The van der Waals surface area contributed by atoms with Crippen LogP contribution in [0.3, 0.4) is 0 Å². The predicted molar refractivity (Wildman–Crippen MR) is 125 cm³/mol. The number of hydrogen-bond acceptors (Lipinski definition) is 5. The number of hydrogen-bond donors (Lipinski definition) is 2. The maximum Gasteiger partial charge on any atom is 0.191 e. The van der Waals surface area contributed by atoms with Crippen molar-refractivity contribution >= 4 is 5.96 Å². The number of aromatic nitrogens is 1. The smallest absolute Gasteiger partial charge is 0.191 e. The summed E-state index contributed by atoms with van der Waals surface area (Å²) in [6.45, 7) is 9.97. The van der Waals surface area contributed by atoms with Gasteiger partial charge in [0.25, 0.3) is 0 Å². The lowest BCUT2D eigenvalue weighted by Crippen LogP contribution is -2.45. The highest BCUT2D eigenvalue weighted by Crippen LogP contribution is 2.26. The molecule has 31 heavy (non-hydrogen) atoms. The van der Waals surface area contributed by atoms with Crippen LogP contribution < -0.4 is 15.4 Å². The molecule has 3 rings (SSSR count). The Bertz CT molecular complexity index is 821. The van der Waals surface area contributed by atoms with E-state index >= 15 is 0 Å². The third kappa shape index (κ3) is 6.00. The summed E-state index contributed by atoms with van der Waals surface area (Å²) in [5.74, 6) is 2.87. The molecule has 0 amide bonds. The highest BCUT2D eigenvalue weighted by molar-refractivity contribution is 5.79. The molecule has 7 nitrogen and oxygen atoms in total.